The van der Waals surface area contributed by atoms with Gasteiger partial charge >= 0.3 is 5.00 Å². The number of likely N-dealkylation sites (tertiary alicyclic amines) is 1. The third kappa shape index (κ3) is 3.64. The lowest BCUT2D eigenvalue weighted by molar-refractivity contribution is -0.380. The summed E-state index contributed by atoms with van der Waals surface area (Å²) in [6.45, 7) is 3.60. The van der Waals surface area contributed by atoms with Crippen molar-refractivity contribution in [1.29, 1.82) is 0 Å². The quantitative estimate of drug-likeness (QED) is 0.673. The van der Waals surface area contributed by atoms with Gasteiger partial charge in [0.2, 0.25) is 0 Å². The Morgan fingerprint density at radius 2 is 2.41 bits per heavy atom. The summed E-state index contributed by atoms with van der Waals surface area (Å²) in [5.74, 6) is 0.591. The minimum absolute atomic E-state index is 0. The molecule has 1 aromatic rings. The number of thiophene rings is 1. The van der Waals surface area contributed by atoms with Crippen molar-refractivity contribution in [1.82, 2.24) is 4.90 Å². The molecule has 0 spiro atoms. The summed E-state index contributed by atoms with van der Waals surface area (Å²) in [5.41, 5.74) is 6.66. The Morgan fingerprint density at radius 3 is 2.94 bits per heavy atom. The van der Waals surface area contributed by atoms with Crippen molar-refractivity contribution >= 4 is 28.7 Å². The maximum absolute atomic E-state index is 10.5. The van der Waals surface area contributed by atoms with E-state index in [9.17, 15) is 10.1 Å². The van der Waals surface area contributed by atoms with Gasteiger partial charge in [-0.1, -0.05) is 11.3 Å². The molecule has 2 rings (SSSR count). The highest BCUT2D eigenvalue weighted by atomic mass is 35.5. The van der Waals surface area contributed by atoms with Crippen LogP contribution in [0, 0.1) is 16.0 Å². The summed E-state index contributed by atoms with van der Waals surface area (Å²) >= 11 is 1.20. The number of hydrogen-bond acceptors (Lipinski definition) is 5. The highest BCUT2D eigenvalue weighted by Crippen LogP contribution is 2.25. The zero-order valence-corrected chi connectivity index (χ0v) is 11.0. The standard InChI is InChI=1S/C10H15N3O2S.ClH/c11-4-8-1-2-12(5-8)6-9-3-10(13(14)15)16-7-9;/h3,7-8H,1-2,4-6,11H2;1H. The van der Waals surface area contributed by atoms with Gasteiger partial charge in [0.15, 0.2) is 0 Å². The molecule has 1 saturated heterocycles. The van der Waals surface area contributed by atoms with Crippen LogP contribution in [0.15, 0.2) is 11.4 Å². The summed E-state index contributed by atoms with van der Waals surface area (Å²) in [4.78, 5) is 12.5. The third-order valence-corrected chi connectivity index (χ3v) is 3.86. The second-order valence-corrected chi connectivity index (χ2v) is 5.07. The van der Waals surface area contributed by atoms with Crippen LogP contribution in [0.2, 0.25) is 0 Å². The third-order valence-electron chi connectivity index (χ3n) is 2.93. The van der Waals surface area contributed by atoms with Gasteiger partial charge in [0.25, 0.3) is 0 Å². The highest BCUT2D eigenvalue weighted by Gasteiger charge is 2.22. The molecule has 0 saturated carbocycles. The zero-order chi connectivity index (χ0) is 11.5. The fourth-order valence-electron chi connectivity index (χ4n) is 2.05. The monoisotopic (exact) mass is 277 g/mol. The first kappa shape index (κ1) is 14.4. The minimum Gasteiger partial charge on any atom is -0.330 e. The van der Waals surface area contributed by atoms with E-state index in [0.717, 1.165) is 38.2 Å². The Bertz CT molecular complexity index is 385. The van der Waals surface area contributed by atoms with E-state index in [1.165, 1.54) is 11.3 Å². The molecular weight excluding hydrogens is 262 g/mol. The number of nitrogens with zero attached hydrogens (tertiary/aromatic N) is 2. The smallest absolute Gasteiger partial charge is 0.324 e. The van der Waals surface area contributed by atoms with Crippen molar-refractivity contribution in [2.24, 2.45) is 11.7 Å². The summed E-state index contributed by atoms with van der Waals surface area (Å²) in [7, 11) is 0. The Morgan fingerprint density at radius 1 is 1.65 bits per heavy atom. The van der Waals surface area contributed by atoms with E-state index < -0.39 is 0 Å². The molecule has 0 radical (unpaired) electrons. The van der Waals surface area contributed by atoms with Gasteiger partial charge in [-0.3, -0.25) is 15.0 Å². The Kier molecular flexibility index (Phi) is 5.32. The zero-order valence-electron chi connectivity index (χ0n) is 9.37. The first-order valence-electron chi connectivity index (χ1n) is 5.33. The summed E-state index contributed by atoms with van der Waals surface area (Å²) < 4.78 is 0. The van der Waals surface area contributed by atoms with Gasteiger partial charge in [0.1, 0.15) is 0 Å². The van der Waals surface area contributed by atoms with Gasteiger partial charge in [-0.05, 0) is 31.0 Å². The fraction of sp³-hybridized carbons (Fsp3) is 0.600. The molecule has 2 heterocycles. The van der Waals surface area contributed by atoms with E-state index >= 15 is 0 Å². The highest BCUT2D eigenvalue weighted by molar-refractivity contribution is 7.13. The van der Waals surface area contributed by atoms with E-state index in [4.69, 9.17) is 5.73 Å². The predicted octanol–water partition coefficient (Wildman–Crippen LogP) is 1.86. The second kappa shape index (κ2) is 6.30. The minimum atomic E-state index is -0.333. The van der Waals surface area contributed by atoms with Crippen LogP contribution >= 0.6 is 23.7 Å². The van der Waals surface area contributed by atoms with Gasteiger partial charge in [0, 0.05) is 24.5 Å². The Hall–Kier alpha value is -0.690. The number of halogens is 1. The van der Waals surface area contributed by atoms with Crippen LogP contribution in [-0.2, 0) is 6.54 Å². The average molecular weight is 278 g/mol. The molecule has 1 aliphatic rings. The molecule has 96 valence electrons. The lowest BCUT2D eigenvalue weighted by Gasteiger charge is -2.13. The molecule has 7 heteroatoms. The van der Waals surface area contributed by atoms with Crippen molar-refractivity contribution in [3.8, 4) is 0 Å². The molecule has 1 atom stereocenters. The van der Waals surface area contributed by atoms with Crippen LogP contribution in [0.5, 0.6) is 0 Å². The summed E-state index contributed by atoms with van der Waals surface area (Å²) in [6, 6.07) is 1.67. The van der Waals surface area contributed by atoms with Gasteiger partial charge < -0.3 is 5.73 Å². The van der Waals surface area contributed by atoms with Crippen LogP contribution in [-0.4, -0.2) is 29.5 Å². The van der Waals surface area contributed by atoms with Crippen molar-refractivity contribution in [2.75, 3.05) is 19.6 Å². The Balaban J connectivity index is 0.00000144. The van der Waals surface area contributed by atoms with E-state index in [0.29, 0.717) is 5.92 Å². The first-order chi connectivity index (χ1) is 7.69. The van der Waals surface area contributed by atoms with E-state index in [1.807, 2.05) is 5.38 Å². The van der Waals surface area contributed by atoms with Crippen LogP contribution < -0.4 is 5.73 Å². The van der Waals surface area contributed by atoms with E-state index in [-0.39, 0.29) is 22.3 Å². The van der Waals surface area contributed by atoms with Gasteiger partial charge in [-0.15, -0.1) is 12.4 Å². The van der Waals surface area contributed by atoms with Gasteiger partial charge in [0.05, 0.1) is 4.92 Å². The van der Waals surface area contributed by atoms with Crippen molar-refractivity contribution in [3.63, 3.8) is 0 Å². The Labute approximate surface area is 110 Å². The van der Waals surface area contributed by atoms with E-state index in [2.05, 4.69) is 4.90 Å². The molecule has 0 aromatic carbocycles. The second-order valence-electron chi connectivity index (χ2n) is 4.18. The number of rotatable bonds is 4. The van der Waals surface area contributed by atoms with Gasteiger partial charge in [-0.2, -0.15) is 0 Å². The topological polar surface area (TPSA) is 72.4 Å². The molecular formula is C10H16ClN3O2S. The number of nitro groups is 1. The van der Waals surface area contributed by atoms with Crippen molar-refractivity contribution < 1.29 is 4.92 Å². The summed E-state index contributed by atoms with van der Waals surface area (Å²) in [6.07, 6.45) is 1.14. The van der Waals surface area contributed by atoms with E-state index in [1.54, 1.807) is 6.07 Å². The molecule has 2 N–H and O–H groups in total. The lowest BCUT2D eigenvalue weighted by atomic mass is 10.1. The first-order valence-corrected chi connectivity index (χ1v) is 6.21. The molecule has 5 nitrogen and oxygen atoms in total. The molecule has 1 aliphatic heterocycles. The normalized spacial score (nSPS) is 20.2. The summed E-state index contributed by atoms with van der Waals surface area (Å²) in [5, 5.41) is 12.6. The maximum atomic E-state index is 10.5. The number of nitrogens with two attached hydrogens (primary N) is 1. The fourth-order valence-corrected chi connectivity index (χ4v) is 2.77. The SMILES string of the molecule is Cl.NCC1CCN(Cc2csc([N+](=O)[O-])c2)C1. The molecule has 17 heavy (non-hydrogen) atoms. The molecule has 0 amide bonds. The molecule has 0 aliphatic carbocycles. The van der Waals surface area contributed by atoms with Gasteiger partial charge in [-0.25, -0.2) is 0 Å². The van der Waals surface area contributed by atoms with Crippen LogP contribution in [0.1, 0.15) is 12.0 Å². The van der Waals surface area contributed by atoms with Crippen LogP contribution in [0.25, 0.3) is 0 Å². The largest absolute Gasteiger partial charge is 0.330 e. The van der Waals surface area contributed by atoms with Crippen molar-refractivity contribution in [3.05, 3.63) is 27.1 Å². The number of hydrogen-bond donors (Lipinski definition) is 1. The molecule has 1 aromatic heterocycles. The molecule has 0 bridgehead atoms. The molecule has 1 unspecified atom stereocenters. The van der Waals surface area contributed by atoms with Crippen LogP contribution in [0.3, 0.4) is 0 Å². The van der Waals surface area contributed by atoms with Crippen LogP contribution in [0.4, 0.5) is 5.00 Å². The van der Waals surface area contributed by atoms with Crippen molar-refractivity contribution in [2.45, 2.75) is 13.0 Å². The lowest BCUT2D eigenvalue weighted by Crippen LogP contribution is -2.22. The predicted molar refractivity (Wildman–Crippen MR) is 70.7 cm³/mol. The maximum Gasteiger partial charge on any atom is 0.324 e. The average Bonchev–Trinajstić information content (AvgIpc) is 2.87. The molecule has 1 fully saturated rings.